The van der Waals surface area contributed by atoms with Gasteiger partial charge < -0.3 is 0 Å². The number of rotatable bonds is 2. The summed E-state index contributed by atoms with van der Waals surface area (Å²) in [4.78, 5) is 15.3. The van der Waals surface area contributed by atoms with E-state index < -0.39 is 0 Å². The van der Waals surface area contributed by atoms with Gasteiger partial charge in [-0.05, 0) is 12.1 Å². The Bertz CT molecular complexity index is 419. The largest absolute Gasteiger partial charge is 1.00 e. The quantitative estimate of drug-likeness (QED) is 0.616. The molecule has 2 aromatic heterocycles. The number of anilines is 1. The van der Waals surface area contributed by atoms with E-state index in [1.807, 2.05) is 0 Å². The molecule has 0 bridgehead atoms. The van der Waals surface area contributed by atoms with Crippen molar-refractivity contribution >= 4 is 22.4 Å². The summed E-state index contributed by atoms with van der Waals surface area (Å²) < 4.78 is 0. The van der Waals surface area contributed by atoms with E-state index in [4.69, 9.17) is 0 Å². The third-order valence-electron chi connectivity index (χ3n) is 1.50. The monoisotopic (exact) mass is 229 g/mol. The van der Waals surface area contributed by atoms with Crippen molar-refractivity contribution in [2.75, 3.05) is 5.32 Å². The zero-order valence-corrected chi connectivity index (χ0v) is 10.9. The second-order valence-corrected chi connectivity index (χ2v) is 3.27. The molecule has 1 N–H and O–H groups in total. The van der Waals surface area contributed by atoms with Crippen molar-refractivity contribution in [2.45, 2.75) is 0 Å². The minimum absolute atomic E-state index is 0. The number of nitrogens with one attached hydrogen (secondary N) is 1. The first-order chi connectivity index (χ1) is 6.86. The second kappa shape index (κ2) is 5.92. The van der Waals surface area contributed by atoms with Crippen LogP contribution in [-0.4, -0.2) is 21.1 Å². The molecule has 2 rings (SSSR count). The van der Waals surface area contributed by atoms with Gasteiger partial charge in [-0.25, -0.2) is 0 Å². The molecular formula is C8H6N4NaOS+. The Balaban J connectivity index is 0.00000112. The molecule has 5 nitrogen and oxygen atoms in total. The Morgan fingerprint density at radius 3 is 2.93 bits per heavy atom. The molecule has 1 amide bonds. The molecular weight excluding hydrogens is 223 g/mol. The van der Waals surface area contributed by atoms with Gasteiger partial charge in [0.1, 0.15) is 5.51 Å². The number of amides is 1. The zero-order valence-electron chi connectivity index (χ0n) is 8.04. The van der Waals surface area contributed by atoms with Crippen LogP contribution in [0.1, 0.15) is 10.4 Å². The van der Waals surface area contributed by atoms with Crippen LogP contribution in [0.15, 0.2) is 30.0 Å². The molecule has 0 saturated carbocycles. The number of pyridine rings is 1. The van der Waals surface area contributed by atoms with Gasteiger partial charge in [-0.2, -0.15) is 0 Å². The fraction of sp³-hybridized carbons (Fsp3) is 0. The smallest absolute Gasteiger partial charge is 0.296 e. The van der Waals surface area contributed by atoms with Crippen molar-refractivity contribution in [3.05, 3.63) is 35.6 Å². The van der Waals surface area contributed by atoms with Crippen molar-refractivity contribution in [1.29, 1.82) is 0 Å². The maximum absolute atomic E-state index is 11.5. The molecule has 0 aliphatic heterocycles. The molecule has 0 spiro atoms. The summed E-state index contributed by atoms with van der Waals surface area (Å²) in [6, 6.07) is 3.39. The molecule has 7 heteroatoms. The molecule has 15 heavy (non-hydrogen) atoms. The van der Waals surface area contributed by atoms with Crippen LogP contribution in [0, 0.1) is 0 Å². The van der Waals surface area contributed by atoms with Crippen molar-refractivity contribution in [1.82, 2.24) is 15.2 Å². The summed E-state index contributed by atoms with van der Waals surface area (Å²) in [5, 5.41) is 10.4. The van der Waals surface area contributed by atoms with Crippen LogP contribution in [0.5, 0.6) is 0 Å². The standard InChI is InChI=1S/C8H6N4OS.Na/c13-7(6-2-1-3-9-4-6)11-8-12-10-5-14-8;/h1-5H,(H,11,12,13);/q;+1. The number of aromatic nitrogens is 3. The van der Waals surface area contributed by atoms with Gasteiger partial charge in [0.25, 0.3) is 5.91 Å². The van der Waals surface area contributed by atoms with E-state index >= 15 is 0 Å². The molecule has 0 aliphatic rings. The summed E-state index contributed by atoms with van der Waals surface area (Å²) in [6.07, 6.45) is 3.11. The van der Waals surface area contributed by atoms with Gasteiger partial charge >= 0.3 is 29.6 Å². The van der Waals surface area contributed by atoms with Crippen LogP contribution < -0.4 is 34.9 Å². The number of hydrogen-bond acceptors (Lipinski definition) is 5. The van der Waals surface area contributed by atoms with Gasteiger partial charge in [0.2, 0.25) is 5.13 Å². The molecule has 0 fully saturated rings. The Labute approximate surface area is 112 Å². The van der Waals surface area contributed by atoms with Gasteiger partial charge in [0, 0.05) is 12.4 Å². The van der Waals surface area contributed by atoms with Crippen LogP contribution in [0.4, 0.5) is 5.13 Å². The fourth-order valence-corrected chi connectivity index (χ4v) is 1.33. The number of hydrogen-bond donors (Lipinski definition) is 1. The normalized spacial score (nSPS) is 9.07. The third-order valence-corrected chi connectivity index (χ3v) is 2.11. The average Bonchev–Trinajstić information content (AvgIpc) is 2.72. The molecule has 0 unspecified atom stereocenters. The summed E-state index contributed by atoms with van der Waals surface area (Å²) >= 11 is 1.27. The third kappa shape index (κ3) is 3.35. The molecule has 0 aliphatic carbocycles. The maximum Gasteiger partial charge on any atom is 1.00 e. The Kier molecular flexibility index (Phi) is 4.83. The van der Waals surface area contributed by atoms with Crippen molar-refractivity contribution < 1.29 is 34.4 Å². The van der Waals surface area contributed by atoms with Gasteiger partial charge in [-0.15, -0.1) is 10.2 Å². The van der Waals surface area contributed by atoms with Gasteiger partial charge in [0.15, 0.2) is 0 Å². The van der Waals surface area contributed by atoms with E-state index in [0.717, 1.165) is 0 Å². The number of nitrogens with zero attached hydrogens (tertiary/aromatic N) is 3. The van der Waals surface area contributed by atoms with Crippen LogP contribution in [0.25, 0.3) is 0 Å². The first-order valence-corrected chi connectivity index (χ1v) is 4.72. The Hall–Kier alpha value is -0.820. The first-order valence-electron chi connectivity index (χ1n) is 3.84. The first kappa shape index (κ1) is 12.3. The zero-order chi connectivity index (χ0) is 9.80. The van der Waals surface area contributed by atoms with E-state index in [-0.39, 0.29) is 35.5 Å². The maximum atomic E-state index is 11.5. The summed E-state index contributed by atoms with van der Waals surface area (Å²) in [7, 11) is 0. The Morgan fingerprint density at radius 1 is 1.47 bits per heavy atom. The van der Waals surface area contributed by atoms with Crippen LogP contribution in [0.3, 0.4) is 0 Å². The minimum atomic E-state index is -0.227. The summed E-state index contributed by atoms with van der Waals surface area (Å²) in [6.45, 7) is 0. The molecule has 0 radical (unpaired) electrons. The predicted molar refractivity (Wildman–Crippen MR) is 52.1 cm³/mol. The van der Waals surface area contributed by atoms with Crippen molar-refractivity contribution in [2.24, 2.45) is 0 Å². The Morgan fingerprint density at radius 2 is 2.33 bits per heavy atom. The molecule has 0 saturated heterocycles. The van der Waals surface area contributed by atoms with Crippen LogP contribution in [-0.2, 0) is 0 Å². The van der Waals surface area contributed by atoms with Crippen LogP contribution in [0.2, 0.25) is 0 Å². The summed E-state index contributed by atoms with van der Waals surface area (Å²) in [5.41, 5.74) is 2.06. The van der Waals surface area contributed by atoms with E-state index in [0.29, 0.717) is 10.7 Å². The topological polar surface area (TPSA) is 67.8 Å². The van der Waals surface area contributed by atoms with E-state index in [1.54, 1.807) is 23.8 Å². The van der Waals surface area contributed by atoms with Crippen LogP contribution >= 0.6 is 11.3 Å². The SMILES string of the molecule is O=C(Nc1nncs1)c1cccnc1.[Na+]. The molecule has 0 aromatic carbocycles. The van der Waals surface area contributed by atoms with Crippen molar-refractivity contribution in [3.8, 4) is 0 Å². The van der Waals surface area contributed by atoms with E-state index in [9.17, 15) is 4.79 Å². The summed E-state index contributed by atoms with van der Waals surface area (Å²) in [5.74, 6) is -0.227. The molecule has 70 valence electrons. The second-order valence-electron chi connectivity index (χ2n) is 2.44. The van der Waals surface area contributed by atoms with Gasteiger partial charge in [0.05, 0.1) is 5.56 Å². The van der Waals surface area contributed by atoms with E-state index in [2.05, 4.69) is 20.5 Å². The number of carbonyl (C=O) groups is 1. The molecule has 2 aromatic rings. The average molecular weight is 229 g/mol. The minimum Gasteiger partial charge on any atom is -0.296 e. The van der Waals surface area contributed by atoms with Crippen molar-refractivity contribution in [3.63, 3.8) is 0 Å². The van der Waals surface area contributed by atoms with E-state index in [1.165, 1.54) is 17.5 Å². The molecule has 2 heterocycles. The van der Waals surface area contributed by atoms with Gasteiger partial charge in [-0.3, -0.25) is 15.1 Å². The predicted octanol–water partition coefficient (Wildman–Crippen LogP) is -1.81. The van der Waals surface area contributed by atoms with Gasteiger partial charge in [-0.1, -0.05) is 11.3 Å². The fourth-order valence-electron chi connectivity index (χ4n) is 0.894. The number of carbonyl (C=O) groups excluding carboxylic acids is 1. The molecule has 0 atom stereocenters.